The summed E-state index contributed by atoms with van der Waals surface area (Å²) in [6.07, 6.45) is 1.78. The Kier molecular flexibility index (Phi) is 7.29. The molecule has 2 saturated heterocycles. The number of nitrogens with one attached hydrogen (secondary N) is 1. The lowest BCUT2D eigenvalue weighted by molar-refractivity contribution is -0.0565. The molecule has 0 radical (unpaired) electrons. The van der Waals surface area contributed by atoms with Gasteiger partial charge >= 0.3 is 6.09 Å². The standard InChI is InChI=1S/C27H31F3N8O4/c1-41-25-18(24(39)35-20-13-37(12-19(20)28)26(40)42-17-2-3-17)8-15(10-32-25)21-9-16(22-23(31)33-14-34-38(21)22)11-36-6-4-27(29,30)5-7-36/h8-10,14,17,19-20H,2-7,11-13H2,1H3,(H,35,39)(H2,31,33,34)/t19-,20+/m0/s1. The number of rotatable bonds is 7. The molecule has 2 atom stereocenters. The first-order valence-corrected chi connectivity index (χ1v) is 13.8. The normalized spacial score (nSPS) is 22.3. The van der Waals surface area contributed by atoms with E-state index in [0.717, 1.165) is 18.4 Å². The third-order valence-corrected chi connectivity index (χ3v) is 7.84. The molecule has 0 aromatic carbocycles. The largest absolute Gasteiger partial charge is 0.480 e. The minimum absolute atomic E-state index is 0.0270. The van der Waals surface area contributed by atoms with Gasteiger partial charge in [-0.3, -0.25) is 9.69 Å². The van der Waals surface area contributed by atoms with Crippen LogP contribution in [0.5, 0.6) is 5.88 Å². The number of carbonyl (C=O) groups excluding carboxylic acids is 2. The number of halogens is 3. The topological polar surface area (TPSA) is 140 Å². The Labute approximate surface area is 239 Å². The number of nitrogens with two attached hydrogens (primary N) is 1. The summed E-state index contributed by atoms with van der Waals surface area (Å²) < 4.78 is 54.4. The molecule has 3 N–H and O–H groups in total. The van der Waals surface area contributed by atoms with Crippen molar-refractivity contribution in [1.29, 1.82) is 0 Å². The van der Waals surface area contributed by atoms with Crippen LogP contribution < -0.4 is 15.8 Å². The van der Waals surface area contributed by atoms with Crippen molar-refractivity contribution in [2.45, 2.75) is 56.5 Å². The molecule has 3 aromatic rings. The number of piperidine rings is 1. The zero-order chi connectivity index (χ0) is 29.6. The first-order chi connectivity index (χ1) is 20.1. The van der Waals surface area contributed by atoms with Crippen LogP contribution in [0.4, 0.5) is 23.8 Å². The second-order valence-corrected chi connectivity index (χ2v) is 11.0. The number of nitrogen functional groups attached to an aromatic ring is 1. The molecule has 3 fully saturated rings. The fourth-order valence-corrected chi connectivity index (χ4v) is 5.37. The van der Waals surface area contributed by atoms with Crippen molar-refractivity contribution in [2.24, 2.45) is 0 Å². The molecular formula is C27H31F3N8O4. The van der Waals surface area contributed by atoms with Crippen LogP contribution >= 0.6 is 0 Å². The number of carbonyl (C=O) groups is 2. The second kappa shape index (κ2) is 10.9. The summed E-state index contributed by atoms with van der Waals surface area (Å²) in [5, 5.41) is 7.00. The zero-order valence-corrected chi connectivity index (χ0v) is 22.9. The van der Waals surface area contributed by atoms with E-state index in [4.69, 9.17) is 15.2 Å². The number of fused-ring (bicyclic) bond motifs is 1. The number of nitrogens with zero attached hydrogens (tertiary/aromatic N) is 6. The average molecular weight is 589 g/mol. The van der Waals surface area contributed by atoms with Crippen LogP contribution in [0.3, 0.4) is 0 Å². The van der Waals surface area contributed by atoms with Gasteiger partial charge in [-0.15, -0.1) is 0 Å². The molecule has 3 aromatic heterocycles. The summed E-state index contributed by atoms with van der Waals surface area (Å²) in [5.74, 6) is -3.06. The molecule has 1 aliphatic carbocycles. The van der Waals surface area contributed by atoms with Crippen molar-refractivity contribution in [2.75, 3.05) is 39.0 Å². The fraction of sp³-hybridized carbons (Fsp3) is 0.519. The van der Waals surface area contributed by atoms with E-state index in [0.29, 0.717) is 23.3 Å². The predicted octanol–water partition coefficient (Wildman–Crippen LogP) is 2.66. The molecule has 0 spiro atoms. The molecule has 2 aliphatic heterocycles. The molecule has 3 aliphatic rings. The van der Waals surface area contributed by atoms with Crippen LogP contribution in [0.1, 0.15) is 41.6 Å². The van der Waals surface area contributed by atoms with Crippen LogP contribution in [-0.2, 0) is 11.3 Å². The molecule has 12 nitrogen and oxygen atoms in total. The van der Waals surface area contributed by atoms with E-state index in [1.165, 1.54) is 24.5 Å². The lowest BCUT2D eigenvalue weighted by Gasteiger charge is -2.31. The van der Waals surface area contributed by atoms with Gasteiger partial charge in [-0.1, -0.05) is 0 Å². The summed E-state index contributed by atoms with van der Waals surface area (Å²) in [7, 11) is 1.36. The minimum Gasteiger partial charge on any atom is -0.480 e. The highest BCUT2D eigenvalue weighted by Gasteiger charge is 2.39. The number of hydrogen-bond donors (Lipinski definition) is 2. The van der Waals surface area contributed by atoms with Gasteiger partial charge in [-0.25, -0.2) is 32.4 Å². The van der Waals surface area contributed by atoms with Gasteiger partial charge in [-0.2, -0.15) is 5.10 Å². The summed E-state index contributed by atoms with van der Waals surface area (Å²) in [5.41, 5.74) is 8.55. The van der Waals surface area contributed by atoms with Crippen LogP contribution in [0.2, 0.25) is 0 Å². The molecule has 5 heterocycles. The molecule has 42 heavy (non-hydrogen) atoms. The number of alkyl halides is 3. The van der Waals surface area contributed by atoms with E-state index >= 15 is 0 Å². The monoisotopic (exact) mass is 588 g/mol. The third-order valence-electron chi connectivity index (χ3n) is 7.84. The molecule has 6 rings (SSSR count). The SMILES string of the molecule is COc1ncc(-c2cc(CN3CCC(F)(F)CC3)c3c(N)ncnn23)cc1C(=O)N[C@@H]1CN(C(=O)OC2CC2)C[C@@H]1F. The van der Waals surface area contributed by atoms with Crippen molar-refractivity contribution in [3.05, 3.63) is 35.8 Å². The maximum absolute atomic E-state index is 14.8. The van der Waals surface area contributed by atoms with Gasteiger partial charge in [0.2, 0.25) is 5.88 Å². The van der Waals surface area contributed by atoms with Gasteiger partial charge in [0.25, 0.3) is 11.8 Å². The number of hydrogen-bond acceptors (Lipinski definition) is 9. The van der Waals surface area contributed by atoms with Crippen molar-refractivity contribution >= 4 is 23.3 Å². The maximum Gasteiger partial charge on any atom is 0.410 e. The number of methoxy groups -OCH3 is 1. The lowest BCUT2D eigenvalue weighted by atomic mass is 10.1. The van der Waals surface area contributed by atoms with Crippen molar-refractivity contribution in [1.82, 2.24) is 34.7 Å². The van der Waals surface area contributed by atoms with E-state index in [1.54, 1.807) is 10.6 Å². The number of aromatic nitrogens is 4. The van der Waals surface area contributed by atoms with E-state index in [2.05, 4.69) is 20.4 Å². The third kappa shape index (κ3) is 5.65. The summed E-state index contributed by atoms with van der Waals surface area (Å²) in [4.78, 5) is 37.2. The average Bonchev–Trinajstić information content (AvgIpc) is 3.59. The highest BCUT2D eigenvalue weighted by atomic mass is 19.3. The van der Waals surface area contributed by atoms with Crippen LogP contribution in [-0.4, -0.2) is 98.9 Å². The van der Waals surface area contributed by atoms with Crippen molar-refractivity contribution in [3.63, 3.8) is 0 Å². The summed E-state index contributed by atoms with van der Waals surface area (Å²) in [6, 6.07) is 2.42. The highest BCUT2D eigenvalue weighted by Crippen LogP contribution is 2.33. The van der Waals surface area contributed by atoms with Crippen molar-refractivity contribution < 1.29 is 32.2 Å². The quantitative estimate of drug-likeness (QED) is 0.426. The molecule has 0 bridgehead atoms. The molecule has 2 amide bonds. The smallest absolute Gasteiger partial charge is 0.410 e. The summed E-state index contributed by atoms with van der Waals surface area (Å²) >= 11 is 0. The fourth-order valence-electron chi connectivity index (χ4n) is 5.37. The van der Waals surface area contributed by atoms with E-state index in [9.17, 15) is 22.8 Å². The first-order valence-electron chi connectivity index (χ1n) is 13.8. The number of ether oxygens (including phenoxy) is 2. The van der Waals surface area contributed by atoms with Crippen molar-refractivity contribution in [3.8, 4) is 17.1 Å². The molecule has 15 heteroatoms. The Morgan fingerprint density at radius 1 is 1.17 bits per heavy atom. The predicted molar refractivity (Wildman–Crippen MR) is 144 cm³/mol. The van der Waals surface area contributed by atoms with Gasteiger partial charge in [-0.05, 0) is 30.5 Å². The number of pyridine rings is 1. The van der Waals surface area contributed by atoms with Crippen LogP contribution in [0.15, 0.2) is 24.7 Å². The highest BCUT2D eigenvalue weighted by molar-refractivity contribution is 5.98. The Morgan fingerprint density at radius 3 is 2.64 bits per heavy atom. The number of anilines is 1. The van der Waals surface area contributed by atoms with Gasteiger partial charge in [0.1, 0.15) is 29.7 Å². The lowest BCUT2D eigenvalue weighted by Crippen LogP contribution is -2.42. The Bertz CT molecular complexity index is 1500. The van der Waals surface area contributed by atoms with Gasteiger partial charge in [0.05, 0.1) is 25.4 Å². The van der Waals surface area contributed by atoms with E-state index < -0.39 is 30.1 Å². The van der Waals surface area contributed by atoms with Gasteiger partial charge in [0, 0.05) is 50.8 Å². The molecule has 0 unspecified atom stereocenters. The van der Waals surface area contributed by atoms with Crippen LogP contribution in [0, 0.1) is 0 Å². The zero-order valence-electron chi connectivity index (χ0n) is 22.9. The molecule has 224 valence electrons. The minimum atomic E-state index is -2.67. The van der Waals surface area contributed by atoms with E-state index in [1.807, 2.05) is 11.0 Å². The van der Waals surface area contributed by atoms with E-state index in [-0.39, 0.29) is 62.4 Å². The Morgan fingerprint density at radius 2 is 1.93 bits per heavy atom. The van der Waals surface area contributed by atoms with Gasteiger partial charge < -0.3 is 25.4 Å². The summed E-state index contributed by atoms with van der Waals surface area (Å²) in [6.45, 7) is 0.607. The van der Waals surface area contributed by atoms with Gasteiger partial charge in [0.15, 0.2) is 5.82 Å². The maximum atomic E-state index is 14.8. The Balaban J connectivity index is 1.25. The number of likely N-dealkylation sites (tertiary alicyclic amines) is 2. The number of amides is 2. The first kappa shape index (κ1) is 28.0. The molecule has 1 saturated carbocycles. The van der Waals surface area contributed by atoms with Crippen LogP contribution in [0.25, 0.3) is 16.8 Å². The molecular weight excluding hydrogens is 557 g/mol. The Hall–Kier alpha value is -4.14. The second-order valence-electron chi connectivity index (χ2n) is 11.0.